The summed E-state index contributed by atoms with van der Waals surface area (Å²) in [5, 5.41) is 1.90. The Hall–Kier alpha value is -2.02. The third-order valence-corrected chi connectivity index (χ3v) is 3.57. The van der Waals surface area contributed by atoms with Gasteiger partial charge in [0.25, 0.3) is 0 Å². The van der Waals surface area contributed by atoms with E-state index in [2.05, 4.69) is 11.0 Å². The molecule has 1 N–H and O–H groups in total. The van der Waals surface area contributed by atoms with Crippen molar-refractivity contribution in [3.8, 4) is 0 Å². The lowest BCUT2D eigenvalue weighted by Gasteiger charge is -2.34. The Labute approximate surface area is 133 Å². The average molecular weight is 327 g/mol. The van der Waals surface area contributed by atoms with E-state index in [1.54, 1.807) is 0 Å². The van der Waals surface area contributed by atoms with Crippen LogP contribution in [0.2, 0.25) is 0 Å². The molecule has 2 amide bonds. The Morgan fingerprint density at radius 3 is 2.39 bits per heavy atom. The highest BCUT2D eigenvalue weighted by atomic mass is 19.4. The first kappa shape index (κ1) is 17.3. The van der Waals surface area contributed by atoms with Crippen LogP contribution in [0.3, 0.4) is 0 Å². The summed E-state index contributed by atoms with van der Waals surface area (Å²) in [6.07, 6.45) is -0.295. The van der Waals surface area contributed by atoms with Crippen LogP contribution >= 0.6 is 0 Å². The zero-order valence-corrected chi connectivity index (χ0v) is 12.7. The second kappa shape index (κ2) is 8.01. The van der Waals surface area contributed by atoms with E-state index < -0.39 is 18.8 Å². The molecule has 1 heterocycles. The number of nitrogens with one attached hydrogen (secondary N) is 1. The van der Waals surface area contributed by atoms with Gasteiger partial charge in [-0.05, 0) is 5.56 Å². The highest BCUT2D eigenvalue weighted by Gasteiger charge is 2.29. The molecule has 1 aromatic carbocycles. The van der Waals surface area contributed by atoms with Crippen molar-refractivity contribution in [3.05, 3.63) is 42.0 Å². The van der Waals surface area contributed by atoms with Crippen molar-refractivity contribution in [1.29, 1.82) is 0 Å². The van der Waals surface area contributed by atoms with E-state index in [4.69, 9.17) is 0 Å². The van der Waals surface area contributed by atoms with Crippen molar-refractivity contribution in [2.45, 2.75) is 6.18 Å². The second-order valence-electron chi connectivity index (χ2n) is 5.37. The summed E-state index contributed by atoms with van der Waals surface area (Å²) < 4.78 is 36.2. The molecule has 0 aliphatic carbocycles. The number of amides is 2. The number of alkyl halides is 3. The number of hydrogen-bond donors (Lipinski definition) is 1. The molecule has 0 atom stereocenters. The number of benzene rings is 1. The highest BCUT2D eigenvalue weighted by Crippen LogP contribution is 2.12. The van der Waals surface area contributed by atoms with Gasteiger partial charge in [0.2, 0.25) is 0 Å². The van der Waals surface area contributed by atoms with Crippen LogP contribution in [0.25, 0.3) is 6.08 Å². The van der Waals surface area contributed by atoms with Gasteiger partial charge in [-0.3, -0.25) is 4.90 Å². The fourth-order valence-corrected chi connectivity index (χ4v) is 2.32. The van der Waals surface area contributed by atoms with E-state index in [0.717, 1.165) is 12.1 Å². The zero-order chi connectivity index (χ0) is 16.7. The van der Waals surface area contributed by atoms with E-state index in [1.165, 1.54) is 4.90 Å². The largest absolute Gasteiger partial charge is 0.405 e. The van der Waals surface area contributed by atoms with Crippen molar-refractivity contribution in [3.63, 3.8) is 0 Å². The Bertz CT molecular complexity index is 523. The van der Waals surface area contributed by atoms with E-state index in [0.29, 0.717) is 26.2 Å². The summed E-state index contributed by atoms with van der Waals surface area (Å²) >= 11 is 0. The van der Waals surface area contributed by atoms with Crippen LogP contribution in [0, 0.1) is 0 Å². The van der Waals surface area contributed by atoms with Crippen LogP contribution in [-0.4, -0.2) is 61.3 Å². The molecule has 1 aromatic rings. The molecule has 1 saturated heterocycles. The number of carbonyl (C=O) groups excluding carboxylic acids is 1. The monoisotopic (exact) mass is 327 g/mol. The van der Waals surface area contributed by atoms with Crippen molar-refractivity contribution in [2.75, 3.05) is 39.3 Å². The van der Waals surface area contributed by atoms with E-state index >= 15 is 0 Å². The Balaban J connectivity index is 1.69. The fraction of sp³-hybridized carbons (Fsp3) is 0.438. The smallest absolute Gasteiger partial charge is 0.329 e. The molecule has 0 unspecified atom stereocenters. The topological polar surface area (TPSA) is 35.6 Å². The molecule has 1 fully saturated rings. The normalized spacial score (nSPS) is 16.7. The first-order chi connectivity index (χ1) is 10.9. The summed E-state index contributed by atoms with van der Waals surface area (Å²) in [4.78, 5) is 15.2. The van der Waals surface area contributed by atoms with Crippen LogP contribution < -0.4 is 5.32 Å². The molecule has 0 radical (unpaired) electrons. The predicted molar refractivity (Wildman–Crippen MR) is 82.9 cm³/mol. The van der Waals surface area contributed by atoms with E-state index in [-0.39, 0.29) is 0 Å². The molecule has 0 aromatic heterocycles. The molecule has 4 nitrogen and oxygen atoms in total. The lowest BCUT2D eigenvalue weighted by atomic mass is 10.2. The molecule has 1 aliphatic rings. The molecule has 1 aliphatic heterocycles. The van der Waals surface area contributed by atoms with Gasteiger partial charge in [0, 0.05) is 32.7 Å². The minimum Gasteiger partial charge on any atom is -0.329 e. The fourth-order valence-electron chi connectivity index (χ4n) is 2.32. The van der Waals surface area contributed by atoms with Gasteiger partial charge in [-0.15, -0.1) is 0 Å². The minimum atomic E-state index is -4.38. The maximum Gasteiger partial charge on any atom is 0.405 e. The number of nitrogens with zero attached hydrogens (tertiary/aromatic N) is 2. The summed E-state index contributed by atoms with van der Waals surface area (Å²) in [6, 6.07) is 9.27. The van der Waals surface area contributed by atoms with Crippen LogP contribution in [0.4, 0.5) is 18.0 Å². The molecule has 126 valence electrons. The third kappa shape index (κ3) is 6.32. The molecular formula is C16H20F3N3O. The van der Waals surface area contributed by atoms with Crippen molar-refractivity contribution in [2.24, 2.45) is 0 Å². The molecule has 2 rings (SSSR count). The number of piperazine rings is 1. The summed E-state index contributed by atoms with van der Waals surface area (Å²) in [5.74, 6) is 0. The zero-order valence-electron chi connectivity index (χ0n) is 12.7. The number of urea groups is 1. The lowest BCUT2D eigenvalue weighted by Crippen LogP contribution is -2.52. The van der Waals surface area contributed by atoms with Gasteiger partial charge in [-0.25, -0.2) is 4.79 Å². The quantitative estimate of drug-likeness (QED) is 0.923. The number of rotatable bonds is 4. The van der Waals surface area contributed by atoms with Gasteiger partial charge < -0.3 is 10.2 Å². The Kier molecular flexibility index (Phi) is 6.04. The predicted octanol–water partition coefficient (Wildman–Crippen LogP) is 2.59. The van der Waals surface area contributed by atoms with Gasteiger partial charge in [-0.1, -0.05) is 42.5 Å². The second-order valence-corrected chi connectivity index (χ2v) is 5.37. The van der Waals surface area contributed by atoms with Gasteiger partial charge in [-0.2, -0.15) is 13.2 Å². The summed E-state index contributed by atoms with van der Waals surface area (Å²) in [6.45, 7) is 1.64. The van der Waals surface area contributed by atoms with E-state index in [1.807, 2.05) is 41.7 Å². The molecule has 0 bridgehead atoms. The van der Waals surface area contributed by atoms with Crippen LogP contribution in [-0.2, 0) is 0 Å². The molecule has 23 heavy (non-hydrogen) atoms. The third-order valence-electron chi connectivity index (χ3n) is 3.57. The van der Waals surface area contributed by atoms with Crippen molar-refractivity contribution < 1.29 is 18.0 Å². The van der Waals surface area contributed by atoms with Crippen molar-refractivity contribution >= 4 is 12.1 Å². The van der Waals surface area contributed by atoms with Crippen LogP contribution in [0.1, 0.15) is 5.56 Å². The number of carbonyl (C=O) groups is 1. The average Bonchev–Trinajstić information content (AvgIpc) is 2.54. The minimum absolute atomic E-state index is 0.433. The van der Waals surface area contributed by atoms with Crippen molar-refractivity contribution in [1.82, 2.24) is 15.1 Å². The summed E-state index contributed by atoms with van der Waals surface area (Å²) in [5.41, 5.74) is 1.12. The maximum absolute atomic E-state index is 12.1. The molecule has 0 saturated carbocycles. The number of hydrogen-bond acceptors (Lipinski definition) is 2. The first-order valence-corrected chi connectivity index (χ1v) is 7.47. The van der Waals surface area contributed by atoms with Crippen LogP contribution in [0.5, 0.6) is 0 Å². The van der Waals surface area contributed by atoms with Gasteiger partial charge >= 0.3 is 12.2 Å². The molecule has 0 spiro atoms. The SMILES string of the molecule is O=C(NCC(F)(F)F)N1CCN(CC=Cc2ccccc2)CC1. The highest BCUT2D eigenvalue weighted by molar-refractivity contribution is 5.74. The first-order valence-electron chi connectivity index (χ1n) is 7.47. The lowest BCUT2D eigenvalue weighted by molar-refractivity contribution is -0.123. The van der Waals surface area contributed by atoms with Crippen LogP contribution in [0.15, 0.2) is 36.4 Å². The van der Waals surface area contributed by atoms with Gasteiger partial charge in [0.05, 0.1) is 0 Å². The maximum atomic E-state index is 12.1. The molecule has 7 heteroatoms. The number of halogens is 3. The standard InChI is InChI=1S/C16H20F3N3O/c17-16(18,19)13-20-15(23)22-11-9-21(10-12-22)8-4-7-14-5-2-1-3-6-14/h1-7H,8-13H2,(H,20,23). The van der Waals surface area contributed by atoms with Gasteiger partial charge in [0.1, 0.15) is 6.54 Å². The summed E-state index contributed by atoms with van der Waals surface area (Å²) in [7, 11) is 0. The Morgan fingerprint density at radius 1 is 1.13 bits per heavy atom. The Morgan fingerprint density at radius 2 is 1.78 bits per heavy atom. The van der Waals surface area contributed by atoms with E-state index in [9.17, 15) is 18.0 Å². The molecular weight excluding hydrogens is 307 g/mol. The van der Waals surface area contributed by atoms with Gasteiger partial charge in [0.15, 0.2) is 0 Å².